The van der Waals surface area contributed by atoms with Gasteiger partial charge in [0.05, 0.1) is 18.8 Å². The summed E-state index contributed by atoms with van der Waals surface area (Å²) in [5, 5.41) is 9.41. The second-order valence-corrected chi connectivity index (χ2v) is 7.85. The Morgan fingerprint density at radius 1 is 1.08 bits per heavy atom. The molecule has 5 nitrogen and oxygen atoms in total. The van der Waals surface area contributed by atoms with Crippen LogP contribution in [0.2, 0.25) is 0 Å². The Balaban J connectivity index is 2.06. The predicted octanol–water partition coefficient (Wildman–Crippen LogP) is 3.19. The van der Waals surface area contributed by atoms with Crippen LogP contribution in [0.15, 0.2) is 59.5 Å². The molecule has 25 heavy (non-hydrogen) atoms. The fraction of sp³-hybridized carbons (Fsp3) is 0.316. The molecule has 0 aromatic heterocycles. The molecule has 0 heterocycles. The monoisotopic (exact) mass is 362 g/mol. The van der Waals surface area contributed by atoms with E-state index in [4.69, 9.17) is 4.74 Å². The molecule has 0 saturated heterocycles. The van der Waals surface area contributed by atoms with Gasteiger partial charge < -0.3 is 9.84 Å². The van der Waals surface area contributed by atoms with Gasteiger partial charge in [-0.25, -0.2) is 8.42 Å². The molecular weight excluding hydrogens is 340 g/mol. The van der Waals surface area contributed by atoms with Gasteiger partial charge in [0.15, 0.2) is 9.84 Å². The number of para-hydroxylation sites is 1. The summed E-state index contributed by atoms with van der Waals surface area (Å²) in [5.41, 5.74) is 1.11. The largest absolute Gasteiger partial charge is 0.495 e. The Bertz CT molecular complexity index is 800. The summed E-state index contributed by atoms with van der Waals surface area (Å²) in [6, 6.07) is 16.0. The molecule has 0 bridgehead atoms. The zero-order valence-corrected chi connectivity index (χ0v) is 14.9. The van der Waals surface area contributed by atoms with E-state index in [1.165, 1.54) is 13.2 Å². The highest BCUT2D eigenvalue weighted by Crippen LogP contribution is 2.26. The maximum atomic E-state index is 12.6. The second-order valence-electron chi connectivity index (χ2n) is 5.85. The van der Waals surface area contributed by atoms with Crippen LogP contribution in [0.4, 0.5) is 0 Å². The normalized spacial score (nSPS) is 12.5. The molecule has 2 aromatic carbocycles. The summed E-state index contributed by atoms with van der Waals surface area (Å²) in [5.74, 6) is -2.24. The summed E-state index contributed by atoms with van der Waals surface area (Å²) in [6.45, 7) is 0. The van der Waals surface area contributed by atoms with Crippen molar-refractivity contribution in [2.75, 3.05) is 12.9 Å². The lowest BCUT2D eigenvalue weighted by Crippen LogP contribution is -2.24. The Labute approximate surface area is 148 Å². The van der Waals surface area contributed by atoms with E-state index in [-0.39, 0.29) is 10.6 Å². The van der Waals surface area contributed by atoms with Crippen LogP contribution in [-0.2, 0) is 21.1 Å². The van der Waals surface area contributed by atoms with Crippen molar-refractivity contribution in [1.82, 2.24) is 0 Å². The molecule has 1 atom stereocenters. The van der Waals surface area contributed by atoms with E-state index in [1.807, 2.05) is 30.3 Å². The number of ether oxygens (including phenoxy) is 1. The van der Waals surface area contributed by atoms with E-state index in [2.05, 4.69) is 0 Å². The molecule has 0 aliphatic rings. The Kier molecular flexibility index (Phi) is 6.58. The number of rotatable bonds is 9. The number of hydrogen-bond donors (Lipinski definition) is 1. The van der Waals surface area contributed by atoms with E-state index >= 15 is 0 Å². The minimum absolute atomic E-state index is 0.0341. The summed E-state index contributed by atoms with van der Waals surface area (Å²) in [4.78, 5) is 11.5. The number of benzene rings is 2. The number of carboxylic acids is 1. The van der Waals surface area contributed by atoms with Crippen LogP contribution in [0.5, 0.6) is 5.75 Å². The number of aryl methyl sites for hydroxylation is 1. The standard InChI is InChI=1S/C19H22O5S/c1-24-17-12-5-6-13-18(17)25(22,23)14-16(19(20)21)11-7-10-15-8-3-2-4-9-15/h2-6,8-9,12-13,16H,7,10-11,14H2,1H3,(H,20,21). The van der Waals surface area contributed by atoms with Crippen LogP contribution in [0.3, 0.4) is 0 Å². The van der Waals surface area contributed by atoms with Gasteiger partial charge in [0.1, 0.15) is 10.6 Å². The number of carbonyl (C=O) groups is 1. The topological polar surface area (TPSA) is 80.7 Å². The van der Waals surface area contributed by atoms with Gasteiger partial charge in [0, 0.05) is 0 Å². The van der Waals surface area contributed by atoms with Crippen LogP contribution >= 0.6 is 0 Å². The van der Waals surface area contributed by atoms with Crippen molar-refractivity contribution < 1.29 is 23.1 Å². The number of hydrogen-bond acceptors (Lipinski definition) is 4. The van der Waals surface area contributed by atoms with Crippen LogP contribution in [0, 0.1) is 5.92 Å². The second kappa shape index (κ2) is 8.67. The van der Waals surface area contributed by atoms with Crippen molar-refractivity contribution in [3.63, 3.8) is 0 Å². The molecule has 0 saturated carbocycles. The van der Waals surface area contributed by atoms with Crippen molar-refractivity contribution >= 4 is 15.8 Å². The molecular formula is C19H22O5S. The quantitative estimate of drug-likeness (QED) is 0.741. The lowest BCUT2D eigenvalue weighted by atomic mass is 10.0. The fourth-order valence-electron chi connectivity index (χ4n) is 2.71. The maximum absolute atomic E-state index is 12.6. The number of sulfone groups is 1. The van der Waals surface area contributed by atoms with Crippen LogP contribution in [-0.4, -0.2) is 32.4 Å². The first kappa shape index (κ1) is 19.0. The molecule has 0 spiro atoms. The molecule has 1 unspecified atom stereocenters. The Morgan fingerprint density at radius 2 is 1.72 bits per heavy atom. The highest BCUT2D eigenvalue weighted by molar-refractivity contribution is 7.91. The molecule has 6 heteroatoms. The molecule has 0 fully saturated rings. The van der Waals surface area contributed by atoms with Gasteiger partial charge in [0.25, 0.3) is 0 Å². The molecule has 0 radical (unpaired) electrons. The number of aliphatic carboxylic acids is 1. The first-order chi connectivity index (χ1) is 11.9. The third-order valence-electron chi connectivity index (χ3n) is 4.03. The van der Waals surface area contributed by atoms with Gasteiger partial charge in [0.2, 0.25) is 0 Å². The zero-order valence-electron chi connectivity index (χ0n) is 14.1. The van der Waals surface area contributed by atoms with E-state index in [0.717, 1.165) is 12.0 Å². The number of carboxylic acid groups (broad SMARTS) is 1. The van der Waals surface area contributed by atoms with Gasteiger partial charge in [-0.3, -0.25) is 4.79 Å². The van der Waals surface area contributed by atoms with Crippen molar-refractivity contribution in [1.29, 1.82) is 0 Å². The molecule has 134 valence electrons. The van der Waals surface area contributed by atoms with E-state index in [1.54, 1.807) is 18.2 Å². The average Bonchev–Trinajstić information content (AvgIpc) is 2.61. The zero-order chi connectivity index (χ0) is 18.3. The summed E-state index contributed by atoms with van der Waals surface area (Å²) < 4.78 is 30.3. The molecule has 0 aliphatic carbocycles. The lowest BCUT2D eigenvalue weighted by Gasteiger charge is -2.14. The summed E-state index contributed by atoms with van der Waals surface area (Å²) in [7, 11) is -2.36. The van der Waals surface area contributed by atoms with Crippen molar-refractivity contribution in [3.05, 3.63) is 60.2 Å². The third kappa shape index (κ3) is 5.32. The highest BCUT2D eigenvalue weighted by Gasteiger charge is 2.28. The molecule has 2 rings (SSSR count). The van der Waals surface area contributed by atoms with Gasteiger partial charge in [-0.15, -0.1) is 0 Å². The first-order valence-electron chi connectivity index (χ1n) is 8.06. The fourth-order valence-corrected chi connectivity index (χ4v) is 4.47. The third-order valence-corrected chi connectivity index (χ3v) is 5.88. The van der Waals surface area contributed by atoms with Gasteiger partial charge in [-0.05, 0) is 37.0 Å². The smallest absolute Gasteiger partial charge is 0.307 e. The predicted molar refractivity (Wildman–Crippen MR) is 95.6 cm³/mol. The maximum Gasteiger partial charge on any atom is 0.307 e. The van der Waals surface area contributed by atoms with Crippen LogP contribution < -0.4 is 4.74 Å². The van der Waals surface area contributed by atoms with E-state index in [9.17, 15) is 18.3 Å². The highest BCUT2D eigenvalue weighted by atomic mass is 32.2. The van der Waals surface area contributed by atoms with Crippen molar-refractivity contribution in [2.45, 2.75) is 24.2 Å². The van der Waals surface area contributed by atoms with E-state index < -0.39 is 27.5 Å². The van der Waals surface area contributed by atoms with Gasteiger partial charge >= 0.3 is 5.97 Å². The lowest BCUT2D eigenvalue weighted by molar-refractivity contribution is -0.141. The number of methoxy groups -OCH3 is 1. The molecule has 0 amide bonds. The van der Waals surface area contributed by atoms with Gasteiger partial charge in [-0.1, -0.05) is 42.5 Å². The minimum atomic E-state index is -3.75. The van der Waals surface area contributed by atoms with Gasteiger partial charge in [-0.2, -0.15) is 0 Å². The first-order valence-corrected chi connectivity index (χ1v) is 9.72. The van der Waals surface area contributed by atoms with Crippen molar-refractivity contribution in [2.24, 2.45) is 5.92 Å². The molecule has 2 aromatic rings. The average molecular weight is 362 g/mol. The summed E-state index contributed by atoms with van der Waals surface area (Å²) in [6.07, 6.45) is 1.64. The molecule has 0 aliphatic heterocycles. The van der Waals surface area contributed by atoms with Crippen LogP contribution in [0.25, 0.3) is 0 Å². The Morgan fingerprint density at radius 3 is 2.36 bits per heavy atom. The van der Waals surface area contributed by atoms with Crippen LogP contribution in [0.1, 0.15) is 18.4 Å². The summed E-state index contributed by atoms with van der Waals surface area (Å²) >= 11 is 0. The van der Waals surface area contributed by atoms with E-state index in [0.29, 0.717) is 12.8 Å². The van der Waals surface area contributed by atoms with Crippen molar-refractivity contribution in [3.8, 4) is 5.75 Å². The minimum Gasteiger partial charge on any atom is -0.495 e. The Hall–Kier alpha value is -2.34. The molecule has 1 N–H and O–H groups in total. The SMILES string of the molecule is COc1ccccc1S(=O)(=O)CC(CCCc1ccccc1)C(=O)O.